The lowest BCUT2D eigenvalue weighted by molar-refractivity contribution is -0.117. The highest BCUT2D eigenvalue weighted by Crippen LogP contribution is 2.38. The summed E-state index contributed by atoms with van der Waals surface area (Å²) in [5.74, 6) is 1.08. The molecule has 0 bridgehead atoms. The van der Waals surface area contributed by atoms with Crippen LogP contribution < -0.4 is 15.4 Å². The highest BCUT2D eigenvalue weighted by molar-refractivity contribution is 5.98. The van der Waals surface area contributed by atoms with Gasteiger partial charge in [-0.1, -0.05) is 43.3 Å². The van der Waals surface area contributed by atoms with Crippen LogP contribution in [0.3, 0.4) is 0 Å². The SMILES string of the molecule is COc1ccc(C(CNC(=O)c2cccc(NC(=O)C3CC3C)c2)c2c[nH]c3ccccc23)cc1. The van der Waals surface area contributed by atoms with Crippen LogP contribution >= 0.6 is 0 Å². The zero-order valence-electron chi connectivity index (χ0n) is 19.9. The van der Waals surface area contributed by atoms with Crippen molar-refractivity contribution in [1.82, 2.24) is 10.3 Å². The van der Waals surface area contributed by atoms with Gasteiger partial charge in [-0.05, 0) is 59.9 Å². The summed E-state index contributed by atoms with van der Waals surface area (Å²) in [5, 5.41) is 7.17. The number of hydrogen-bond acceptors (Lipinski definition) is 3. The number of amides is 2. The van der Waals surface area contributed by atoms with Gasteiger partial charge in [-0.3, -0.25) is 9.59 Å². The fourth-order valence-electron chi connectivity index (χ4n) is 4.58. The summed E-state index contributed by atoms with van der Waals surface area (Å²) in [6, 6.07) is 23.2. The maximum atomic E-state index is 13.1. The van der Waals surface area contributed by atoms with E-state index in [1.165, 1.54) is 0 Å². The van der Waals surface area contributed by atoms with Crippen molar-refractivity contribution >= 4 is 28.4 Å². The largest absolute Gasteiger partial charge is 0.497 e. The van der Waals surface area contributed by atoms with Crippen molar-refractivity contribution in [2.75, 3.05) is 19.0 Å². The monoisotopic (exact) mass is 467 g/mol. The number of ether oxygens (including phenoxy) is 1. The third-order valence-corrected chi connectivity index (χ3v) is 6.82. The summed E-state index contributed by atoms with van der Waals surface area (Å²) in [4.78, 5) is 28.7. The minimum absolute atomic E-state index is 0.0222. The van der Waals surface area contributed by atoms with E-state index in [0.29, 0.717) is 23.7 Å². The van der Waals surface area contributed by atoms with Crippen LogP contribution in [0.4, 0.5) is 5.69 Å². The van der Waals surface area contributed by atoms with E-state index < -0.39 is 0 Å². The number of carbonyl (C=O) groups is 2. The summed E-state index contributed by atoms with van der Waals surface area (Å²) >= 11 is 0. The maximum absolute atomic E-state index is 13.1. The molecule has 0 aliphatic heterocycles. The van der Waals surface area contributed by atoms with Crippen LogP contribution in [0.1, 0.15) is 40.7 Å². The molecule has 6 heteroatoms. The molecule has 5 rings (SSSR count). The van der Waals surface area contributed by atoms with Gasteiger partial charge in [0.05, 0.1) is 7.11 Å². The number of aromatic nitrogens is 1. The van der Waals surface area contributed by atoms with E-state index in [1.54, 1.807) is 25.3 Å². The maximum Gasteiger partial charge on any atom is 0.251 e. The number of methoxy groups -OCH3 is 1. The van der Waals surface area contributed by atoms with Gasteiger partial charge in [-0.25, -0.2) is 0 Å². The van der Waals surface area contributed by atoms with E-state index >= 15 is 0 Å². The molecule has 0 radical (unpaired) electrons. The quantitative estimate of drug-likeness (QED) is 0.327. The first kappa shape index (κ1) is 22.7. The first-order chi connectivity index (χ1) is 17.0. The highest BCUT2D eigenvalue weighted by Gasteiger charge is 2.39. The van der Waals surface area contributed by atoms with Crippen LogP contribution in [0.5, 0.6) is 5.75 Å². The van der Waals surface area contributed by atoms with Gasteiger partial charge in [0, 0.05) is 46.7 Å². The minimum Gasteiger partial charge on any atom is -0.497 e. The van der Waals surface area contributed by atoms with Gasteiger partial charge in [0.15, 0.2) is 0 Å². The van der Waals surface area contributed by atoms with Crippen molar-refractivity contribution < 1.29 is 14.3 Å². The van der Waals surface area contributed by atoms with Crippen molar-refractivity contribution in [2.24, 2.45) is 11.8 Å². The molecule has 1 aliphatic carbocycles. The standard InChI is InChI=1S/C29H29N3O3/c1-18-14-24(18)29(34)32-21-7-5-6-20(15-21)28(33)31-16-25(19-10-12-22(35-2)13-11-19)26-17-30-27-9-4-3-8-23(26)27/h3-13,15,17-18,24-25,30H,14,16H2,1-2H3,(H,31,33)(H,32,34). The molecule has 1 fully saturated rings. The predicted octanol–water partition coefficient (Wildman–Crippen LogP) is 5.33. The number of benzene rings is 3. The number of nitrogens with one attached hydrogen (secondary N) is 3. The Labute approximate surface area is 204 Å². The lowest BCUT2D eigenvalue weighted by atomic mass is 9.90. The minimum atomic E-state index is -0.181. The number of rotatable bonds is 8. The van der Waals surface area contributed by atoms with Crippen LogP contribution in [-0.2, 0) is 4.79 Å². The Hall–Kier alpha value is -4.06. The van der Waals surface area contributed by atoms with E-state index in [-0.39, 0.29) is 23.7 Å². The molecule has 1 aromatic heterocycles. The van der Waals surface area contributed by atoms with Gasteiger partial charge >= 0.3 is 0 Å². The Balaban J connectivity index is 1.35. The van der Waals surface area contributed by atoms with Gasteiger partial charge in [0.2, 0.25) is 5.91 Å². The number of fused-ring (bicyclic) bond motifs is 1. The van der Waals surface area contributed by atoms with Gasteiger partial charge in [-0.15, -0.1) is 0 Å². The van der Waals surface area contributed by atoms with Crippen LogP contribution in [0.15, 0.2) is 79.0 Å². The van der Waals surface area contributed by atoms with Gasteiger partial charge < -0.3 is 20.4 Å². The highest BCUT2D eigenvalue weighted by atomic mass is 16.5. The Kier molecular flexibility index (Phi) is 6.27. The number of aromatic amines is 1. The second-order valence-electron chi connectivity index (χ2n) is 9.21. The molecule has 1 saturated carbocycles. The number of para-hydroxylation sites is 1. The van der Waals surface area contributed by atoms with Crippen molar-refractivity contribution in [2.45, 2.75) is 19.3 Å². The molecule has 1 aliphatic rings. The van der Waals surface area contributed by atoms with Crippen LogP contribution in [-0.4, -0.2) is 30.5 Å². The Bertz CT molecular complexity index is 1360. The van der Waals surface area contributed by atoms with Crippen LogP contribution in [0, 0.1) is 11.8 Å². The average molecular weight is 468 g/mol. The van der Waals surface area contributed by atoms with Crippen molar-refractivity contribution in [3.8, 4) is 5.75 Å². The zero-order chi connectivity index (χ0) is 24.4. The fraction of sp³-hybridized carbons (Fsp3) is 0.241. The summed E-state index contributed by atoms with van der Waals surface area (Å²) in [6.45, 7) is 2.49. The van der Waals surface area contributed by atoms with Crippen molar-refractivity contribution in [3.05, 3.63) is 95.7 Å². The average Bonchev–Trinajstić information content (AvgIpc) is 3.48. The molecular weight excluding hydrogens is 438 g/mol. The van der Waals surface area contributed by atoms with E-state index in [4.69, 9.17) is 4.74 Å². The Morgan fingerprint density at radius 1 is 1.06 bits per heavy atom. The third-order valence-electron chi connectivity index (χ3n) is 6.82. The normalized spacial score (nSPS) is 17.5. The molecule has 3 atom stereocenters. The number of carbonyl (C=O) groups excluding carboxylic acids is 2. The Morgan fingerprint density at radius 2 is 1.83 bits per heavy atom. The molecule has 0 saturated heterocycles. The molecule has 3 aromatic carbocycles. The molecule has 178 valence electrons. The number of hydrogen-bond donors (Lipinski definition) is 3. The molecule has 4 aromatic rings. The van der Waals surface area contributed by atoms with Crippen molar-refractivity contribution in [1.29, 1.82) is 0 Å². The van der Waals surface area contributed by atoms with Gasteiger partial charge in [0.1, 0.15) is 5.75 Å². The summed E-state index contributed by atoms with van der Waals surface area (Å²) in [6.07, 6.45) is 2.94. The molecular formula is C29H29N3O3. The molecule has 3 N–H and O–H groups in total. The third kappa shape index (κ3) is 4.92. The summed E-state index contributed by atoms with van der Waals surface area (Å²) in [7, 11) is 1.65. The van der Waals surface area contributed by atoms with E-state index in [0.717, 1.165) is 34.2 Å². The smallest absolute Gasteiger partial charge is 0.251 e. The fourth-order valence-corrected chi connectivity index (χ4v) is 4.58. The van der Waals surface area contributed by atoms with Gasteiger partial charge in [0.25, 0.3) is 5.91 Å². The first-order valence-electron chi connectivity index (χ1n) is 11.9. The molecule has 6 nitrogen and oxygen atoms in total. The van der Waals surface area contributed by atoms with Crippen LogP contribution in [0.25, 0.3) is 10.9 Å². The van der Waals surface area contributed by atoms with E-state index in [9.17, 15) is 9.59 Å². The lowest BCUT2D eigenvalue weighted by Crippen LogP contribution is -2.29. The number of H-pyrrole nitrogens is 1. The second-order valence-corrected chi connectivity index (χ2v) is 9.21. The van der Waals surface area contributed by atoms with Gasteiger partial charge in [-0.2, -0.15) is 0 Å². The first-order valence-corrected chi connectivity index (χ1v) is 11.9. The lowest BCUT2D eigenvalue weighted by Gasteiger charge is -2.19. The van der Waals surface area contributed by atoms with Crippen LogP contribution in [0.2, 0.25) is 0 Å². The molecule has 0 spiro atoms. The molecule has 3 unspecified atom stereocenters. The Morgan fingerprint density at radius 3 is 2.57 bits per heavy atom. The molecule has 1 heterocycles. The van der Waals surface area contributed by atoms with Crippen molar-refractivity contribution in [3.63, 3.8) is 0 Å². The molecule has 35 heavy (non-hydrogen) atoms. The van der Waals surface area contributed by atoms with E-state index in [2.05, 4.69) is 28.6 Å². The zero-order valence-corrected chi connectivity index (χ0v) is 19.9. The number of anilines is 1. The summed E-state index contributed by atoms with van der Waals surface area (Å²) < 4.78 is 5.32. The van der Waals surface area contributed by atoms with E-state index in [1.807, 2.05) is 54.7 Å². The molecule has 2 amide bonds. The summed E-state index contributed by atoms with van der Waals surface area (Å²) in [5.41, 5.74) is 4.41. The topological polar surface area (TPSA) is 83.2 Å². The second kappa shape index (κ2) is 9.66. The predicted molar refractivity (Wildman–Crippen MR) is 138 cm³/mol.